The third-order valence-corrected chi connectivity index (χ3v) is 5.10. The van der Waals surface area contributed by atoms with E-state index in [0.717, 1.165) is 14.6 Å². The van der Waals surface area contributed by atoms with Gasteiger partial charge in [-0.25, -0.2) is 4.98 Å². The van der Waals surface area contributed by atoms with Crippen LogP contribution in [0.5, 0.6) is 5.75 Å². The predicted octanol–water partition coefficient (Wildman–Crippen LogP) is 4.17. The van der Waals surface area contributed by atoms with E-state index >= 15 is 0 Å². The van der Waals surface area contributed by atoms with E-state index in [-0.39, 0.29) is 12.2 Å². The van der Waals surface area contributed by atoms with Gasteiger partial charge in [-0.05, 0) is 50.9 Å². The van der Waals surface area contributed by atoms with Crippen LogP contribution in [0.2, 0.25) is 0 Å². The Bertz CT molecular complexity index is 853. The number of fused-ring (bicyclic) bond motifs is 1. The zero-order valence-electron chi connectivity index (χ0n) is 11.0. The van der Waals surface area contributed by atoms with E-state index < -0.39 is 0 Å². The number of rotatable bonds is 3. The monoisotopic (exact) mass is 428 g/mol. The van der Waals surface area contributed by atoms with Crippen molar-refractivity contribution in [2.45, 2.75) is 13.5 Å². The fraction of sp³-hybridized carbons (Fsp3) is 0.143. The van der Waals surface area contributed by atoms with Gasteiger partial charge in [-0.15, -0.1) is 11.3 Å². The largest absolute Gasteiger partial charge is 0.485 e. The summed E-state index contributed by atoms with van der Waals surface area (Å²) >= 11 is 8.33. The second kappa shape index (κ2) is 5.90. The number of benzene rings is 1. The van der Waals surface area contributed by atoms with E-state index in [1.165, 1.54) is 17.4 Å². The maximum Gasteiger partial charge on any atom is 0.259 e. The SMILES string of the molecule is Cc1csc2nc(COc3c(Br)cccc3Br)cc(=O)n12. The van der Waals surface area contributed by atoms with Gasteiger partial charge in [0.05, 0.1) is 14.6 Å². The molecule has 0 aliphatic rings. The molecule has 2 heterocycles. The lowest BCUT2D eigenvalue weighted by Crippen LogP contribution is -2.16. The van der Waals surface area contributed by atoms with Gasteiger partial charge in [0, 0.05) is 17.1 Å². The molecule has 7 heteroatoms. The van der Waals surface area contributed by atoms with Crippen LogP contribution < -0.4 is 10.3 Å². The van der Waals surface area contributed by atoms with Gasteiger partial charge in [0.2, 0.25) is 0 Å². The van der Waals surface area contributed by atoms with Gasteiger partial charge < -0.3 is 4.74 Å². The highest BCUT2D eigenvalue weighted by molar-refractivity contribution is 9.11. The molecule has 21 heavy (non-hydrogen) atoms. The second-order valence-corrected chi connectivity index (χ2v) is 6.97. The van der Waals surface area contributed by atoms with E-state index in [9.17, 15) is 4.79 Å². The van der Waals surface area contributed by atoms with Gasteiger partial charge in [0.25, 0.3) is 5.56 Å². The number of halogens is 2. The van der Waals surface area contributed by atoms with Gasteiger partial charge in [-0.1, -0.05) is 6.07 Å². The number of para-hydroxylation sites is 1. The smallest absolute Gasteiger partial charge is 0.259 e. The van der Waals surface area contributed by atoms with Crippen LogP contribution >= 0.6 is 43.2 Å². The molecule has 0 atom stereocenters. The summed E-state index contributed by atoms with van der Waals surface area (Å²) in [5, 5.41) is 1.92. The normalized spacial score (nSPS) is 11.0. The fourth-order valence-corrected chi connectivity index (χ4v) is 4.06. The second-order valence-electron chi connectivity index (χ2n) is 4.42. The third kappa shape index (κ3) is 2.90. The van der Waals surface area contributed by atoms with Crippen molar-refractivity contribution < 1.29 is 4.74 Å². The first kappa shape index (κ1) is 14.7. The zero-order valence-corrected chi connectivity index (χ0v) is 15.0. The summed E-state index contributed by atoms with van der Waals surface area (Å²) in [5.41, 5.74) is 1.43. The molecular weight excluding hydrogens is 420 g/mol. The molecular formula is C14H10Br2N2O2S. The summed E-state index contributed by atoms with van der Waals surface area (Å²) in [7, 11) is 0. The highest BCUT2D eigenvalue weighted by Gasteiger charge is 2.09. The van der Waals surface area contributed by atoms with E-state index in [1.54, 1.807) is 4.40 Å². The molecule has 0 bridgehead atoms. The third-order valence-electron chi connectivity index (χ3n) is 2.91. The lowest BCUT2D eigenvalue weighted by Gasteiger charge is -2.09. The van der Waals surface area contributed by atoms with E-state index in [0.29, 0.717) is 16.4 Å². The molecule has 4 nitrogen and oxygen atoms in total. The summed E-state index contributed by atoms with van der Waals surface area (Å²) in [6.45, 7) is 2.13. The van der Waals surface area contributed by atoms with Crippen molar-refractivity contribution in [2.24, 2.45) is 0 Å². The summed E-state index contributed by atoms with van der Waals surface area (Å²) in [4.78, 5) is 17.2. The Labute approximate surface area is 141 Å². The van der Waals surface area contributed by atoms with Crippen molar-refractivity contribution in [3.8, 4) is 5.75 Å². The molecule has 3 rings (SSSR count). The molecule has 3 aromatic rings. The molecule has 1 aromatic carbocycles. The van der Waals surface area contributed by atoms with Gasteiger partial charge in [0.1, 0.15) is 12.4 Å². The van der Waals surface area contributed by atoms with Gasteiger partial charge in [-0.2, -0.15) is 0 Å². The number of hydrogen-bond acceptors (Lipinski definition) is 4. The van der Waals surface area contributed by atoms with E-state index in [1.807, 2.05) is 30.5 Å². The Hall–Kier alpha value is -1.18. The molecule has 0 unspecified atom stereocenters. The lowest BCUT2D eigenvalue weighted by atomic mass is 10.3. The molecule has 108 valence electrons. The minimum atomic E-state index is -0.0801. The fourth-order valence-electron chi connectivity index (χ4n) is 1.94. The molecule has 0 spiro atoms. The molecule has 0 saturated heterocycles. The van der Waals surface area contributed by atoms with Crippen molar-refractivity contribution in [3.63, 3.8) is 0 Å². The summed E-state index contributed by atoms with van der Waals surface area (Å²) in [5.74, 6) is 0.696. The van der Waals surface area contributed by atoms with Gasteiger partial charge in [0.15, 0.2) is 4.96 Å². The van der Waals surface area contributed by atoms with Crippen LogP contribution in [0.4, 0.5) is 0 Å². The number of hydrogen-bond donors (Lipinski definition) is 0. The minimum Gasteiger partial charge on any atom is -0.485 e. The number of aromatic nitrogens is 2. The molecule has 0 N–H and O–H groups in total. The number of nitrogens with zero attached hydrogens (tertiary/aromatic N) is 2. The molecule has 0 saturated carbocycles. The Morgan fingerprint density at radius 2 is 2.05 bits per heavy atom. The average molecular weight is 430 g/mol. The Kier molecular flexibility index (Phi) is 4.14. The molecule has 0 fully saturated rings. The minimum absolute atomic E-state index is 0.0801. The van der Waals surface area contributed by atoms with Crippen LogP contribution in [-0.2, 0) is 6.61 Å². The Balaban J connectivity index is 1.91. The van der Waals surface area contributed by atoms with Crippen LogP contribution in [0.15, 0.2) is 43.4 Å². The van der Waals surface area contributed by atoms with Crippen molar-refractivity contribution in [3.05, 3.63) is 60.3 Å². The van der Waals surface area contributed by atoms with Crippen LogP contribution in [0, 0.1) is 6.92 Å². The Morgan fingerprint density at radius 1 is 1.33 bits per heavy atom. The standard InChI is InChI=1S/C14H10Br2N2O2S/c1-8-7-21-14-17-9(5-12(19)18(8)14)6-20-13-10(15)3-2-4-11(13)16/h2-5,7H,6H2,1H3. The van der Waals surface area contributed by atoms with Crippen LogP contribution in [-0.4, -0.2) is 9.38 Å². The van der Waals surface area contributed by atoms with Crippen molar-refractivity contribution in [1.82, 2.24) is 9.38 Å². The van der Waals surface area contributed by atoms with Crippen molar-refractivity contribution in [2.75, 3.05) is 0 Å². The maximum absolute atomic E-state index is 12.1. The first-order valence-corrected chi connectivity index (χ1v) is 8.56. The number of ether oxygens (including phenoxy) is 1. The molecule has 0 amide bonds. The molecule has 0 radical (unpaired) electrons. The Morgan fingerprint density at radius 3 is 2.76 bits per heavy atom. The zero-order chi connectivity index (χ0) is 15.0. The van der Waals surface area contributed by atoms with Crippen LogP contribution in [0.3, 0.4) is 0 Å². The van der Waals surface area contributed by atoms with E-state index in [2.05, 4.69) is 36.8 Å². The lowest BCUT2D eigenvalue weighted by molar-refractivity contribution is 0.297. The first-order chi connectivity index (χ1) is 10.1. The summed E-state index contributed by atoms with van der Waals surface area (Å²) in [6, 6.07) is 7.21. The van der Waals surface area contributed by atoms with Gasteiger partial charge >= 0.3 is 0 Å². The van der Waals surface area contributed by atoms with Crippen molar-refractivity contribution >= 4 is 48.2 Å². The van der Waals surface area contributed by atoms with Crippen LogP contribution in [0.25, 0.3) is 4.96 Å². The quantitative estimate of drug-likeness (QED) is 0.627. The topological polar surface area (TPSA) is 43.6 Å². The van der Waals surface area contributed by atoms with Crippen molar-refractivity contribution in [1.29, 1.82) is 0 Å². The highest BCUT2D eigenvalue weighted by atomic mass is 79.9. The van der Waals surface area contributed by atoms with E-state index in [4.69, 9.17) is 4.74 Å². The molecule has 0 aliphatic carbocycles. The van der Waals surface area contributed by atoms with Gasteiger partial charge in [-0.3, -0.25) is 9.20 Å². The average Bonchev–Trinajstić information content (AvgIpc) is 2.80. The highest BCUT2D eigenvalue weighted by Crippen LogP contribution is 2.33. The molecule has 2 aromatic heterocycles. The summed E-state index contributed by atoms with van der Waals surface area (Å²) in [6.07, 6.45) is 0. The first-order valence-electron chi connectivity index (χ1n) is 6.10. The number of thiazole rings is 1. The number of aryl methyl sites for hydroxylation is 1. The predicted molar refractivity (Wildman–Crippen MR) is 90.3 cm³/mol. The summed E-state index contributed by atoms with van der Waals surface area (Å²) < 4.78 is 9.06. The molecule has 0 aliphatic heterocycles. The maximum atomic E-state index is 12.1. The van der Waals surface area contributed by atoms with Crippen LogP contribution in [0.1, 0.15) is 11.4 Å².